The zero-order valence-electron chi connectivity index (χ0n) is 9.72. The van der Waals surface area contributed by atoms with Gasteiger partial charge in [0.2, 0.25) is 0 Å². The zero-order valence-corrected chi connectivity index (χ0v) is 9.72. The highest BCUT2D eigenvalue weighted by atomic mass is 19.3. The molecule has 1 saturated heterocycles. The summed E-state index contributed by atoms with van der Waals surface area (Å²) in [5.74, 6) is 0.0653. The van der Waals surface area contributed by atoms with Crippen LogP contribution in [0.3, 0.4) is 0 Å². The highest BCUT2D eigenvalue weighted by Crippen LogP contribution is 2.21. The molecular weight excluding hydrogens is 218 g/mol. The molecular formula is C10H18F2N2O2. The van der Waals surface area contributed by atoms with Gasteiger partial charge in [-0.2, -0.15) is 8.78 Å². The number of hydrazine groups is 1. The summed E-state index contributed by atoms with van der Waals surface area (Å²) in [6.07, 6.45) is 0.161. The van der Waals surface area contributed by atoms with Gasteiger partial charge >= 0.3 is 6.61 Å². The molecule has 0 aromatic carbocycles. The Balaban J connectivity index is 2.40. The number of carbonyl (C=O) groups is 1. The minimum absolute atomic E-state index is 0.0653. The van der Waals surface area contributed by atoms with Gasteiger partial charge in [-0.3, -0.25) is 4.79 Å². The largest absolute Gasteiger partial charge is 0.346 e. The van der Waals surface area contributed by atoms with Crippen molar-refractivity contribution in [1.29, 1.82) is 0 Å². The van der Waals surface area contributed by atoms with Crippen LogP contribution < -0.4 is 10.9 Å². The van der Waals surface area contributed by atoms with Crippen LogP contribution in [0.5, 0.6) is 0 Å². The van der Waals surface area contributed by atoms with Crippen LogP contribution in [0.25, 0.3) is 0 Å². The first kappa shape index (κ1) is 13.5. The fraction of sp³-hybridized carbons (Fsp3) is 0.900. The molecule has 2 unspecified atom stereocenters. The third kappa shape index (κ3) is 3.77. The molecule has 0 aliphatic carbocycles. The van der Waals surface area contributed by atoms with Gasteiger partial charge in [-0.15, -0.1) is 0 Å². The van der Waals surface area contributed by atoms with E-state index in [9.17, 15) is 13.6 Å². The molecule has 1 heterocycles. The molecule has 0 radical (unpaired) electrons. The molecule has 0 aromatic heterocycles. The van der Waals surface area contributed by atoms with Crippen molar-refractivity contribution in [2.45, 2.75) is 52.5 Å². The predicted octanol–water partition coefficient (Wildman–Crippen LogP) is 1.42. The first-order valence-electron chi connectivity index (χ1n) is 5.29. The van der Waals surface area contributed by atoms with E-state index in [1.165, 1.54) is 0 Å². The van der Waals surface area contributed by atoms with E-state index in [0.29, 0.717) is 12.8 Å². The lowest BCUT2D eigenvalue weighted by atomic mass is 9.84. The molecule has 1 aliphatic rings. The molecule has 0 amide bonds. The van der Waals surface area contributed by atoms with E-state index in [2.05, 4.69) is 15.6 Å². The summed E-state index contributed by atoms with van der Waals surface area (Å²) in [5.41, 5.74) is 4.87. The fourth-order valence-corrected chi connectivity index (χ4v) is 1.60. The maximum Gasteiger partial charge on any atom is 0.346 e. The topological polar surface area (TPSA) is 50.4 Å². The SMILES string of the molecule is CC(C)(C)C(=O)C1CCC(OC(F)F)NN1. The van der Waals surface area contributed by atoms with Gasteiger partial charge < -0.3 is 4.74 Å². The Morgan fingerprint density at radius 1 is 1.31 bits per heavy atom. The van der Waals surface area contributed by atoms with Crippen molar-refractivity contribution in [3.8, 4) is 0 Å². The van der Waals surface area contributed by atoms with Gasteiger partial charge in [0.1, 0.15) is 6.23 Å². The number of halogens is 2. The molecule has 2 N–H and O–H groups in total. The molecule has 6 heteroatoms. The van der Waals surface area contributed by atoms with Gasteiger partial charge in [-0.1, -0.05) is 20.8 Å². The number of alkyl halides is 2. The Labute approximate surface area is 93.7 Å². The van der Waals surface area contributed by atoms with E-state index in [1.807, 2.05) is 20.8 Å². The zero-order chi connectivity index (χ0) is 12.3. The Morgan fingerprint density at radius 3 is 2.31 bits per heavy atom. The molecule has 0 spiro atoms. The van der Waals surface area contributed by atoms with Gasteiger partial charge in [0, 0.05) is 5.41 Å². The smallest absolute Gasteiger partial charge is 0.303 e. The quantitative estimate of drug-likeness (QED) is 0.778. The standard InChI is InChI=1S/C10H18F2N2O2/c1-10(2,3)8(15)6-4-5-7(14-13-6)16-9(11)12/h6-7,9,13-14H,4-5H2,1-3H3. The third-order valence-corrected chi connectivity index (χ3v) is 2.46. The molecule has 4 nitrogen and oxygen atoms in total. The first-order valence-corrected chi connectivity index (χ1v) is 5.29. The molecule has 16 heavy (non-hydrogen) atoms. The van der Waals surface area contributed by atoms with Crippen molar-refractivity contribution in [3.05, 3.63) is 0 Å². The van der Waals surface area contributed by atoms with E-state index in [0.717, 1.165) is 0 Å². The monoisotopic (exact) mass is 236 g/mol. The Morgan fingerprint density at radius 2 is 1.94 bits per heavy atom. The maximum absolute atomic E-state index is 11.9. The van der Waals surface area contributed by atoms with Crippen LogP contribution in [0, 0.1) is 5.41 Å². The number of nitrogens with one attached hydrogen (secondary N) is 2. The number of ketones is 1. The van der Waals surface area contributed by atoms with Crippen molar-refractivity contribution >= 4 is 5.78 Å². The van der Waals surface area contributed by atoms with Gasteiger partial charge in [-0.05, 0) is 12.8 Å². The van der Waals surface area contributed by atoms with Gasteiger partial charge in [0.25, 0.3) is 0 Å². The van der Waals surface area contributed by atoms with Crippen molar-refractivity contribution in [1.82, 2.24) is 10.9 Å². The average Bonchev–Trinajstić information content (AvgIpc) is 2.15. The first-order chi connectivity index (χ1) is 7.30. The molecule has 1 aliphatic heterocycles. The number of rotatable bonds is 3. The van der Waals surface area contributed by atoms with Crippen LogP contribution in [0.4, 0.5) is 8.78 Å². The fourth-order valence-electron chi connectivity index (χ4n) is 1.60. The van der Waals surface area contributed by atoms with E-state index in [4.69, 9.17) is 0 Å². The predicted molar refractivity (Wildman–Crippen MR) is 54.6 cm³/mol. The summed E-state index contributed by atoms with van der Waals surface area (Å²) >= 11 is 0. The normalized spacial score (nSPS) is 27.1. The lowest BCUT2D eigenvalue weighted by Crippen LogP contribution is -2.57. The number of Topliss-reactive ketones (excluding diaryl/α,β-unsaturated/α-hetero) is 1. The number of carbonyl (C=O) groups excluding carboxylic acids is 1. The second-order valence-corrected chi connectivity index (χ2v) is 4.92. The summed E-state index contributed by atoms with van der Waals surface area (Å²) in [7, 11) is 0. The molecule has 1 fully saturated rings. The summed E-state index contributed by atoms with van der Waals surface area (Å²) < 4.78 is 28.1. The van der Waals surface area contributed by atoms with Crippen LogP contribution >= 0.6 is 0 Å². The number of hydrogen-bond acceptors (Lipinski definition) is 4. The summed E-state index contributed by atoms with van der Waals surface area (Å²) in [4.78, 5) is 11.9. The Bertz CT molecular complexity index is 246. The molecule has 0 aromatic rings. The lowest BCUT2D eigenvalue weighted by molar-refractivity contribution is -0.182. The van der Waals surface area contributed by atoms with Gasteiger partial charge in [-0.25, -0.2) is 10.9 Å². The molecule has 0 saturated carbocycles. The molecule has 0 bridgehead atoms. The van der Waals surface area contributed by atoms with Gasteiger partial charge in [0.05, 0.1) is 6.04 Å². The number of ether oxygens (including phenoxy) is 1. The van der Waals surface area contributed by atoms with E-state index < -0.39 is 18.3 Å². The van der Waals surface area contributed by atoms with Crippen molar-refractivity contribution in [2.24, 2.45) is 5.41 Å². The Kier molecular flexibility index (Phi) is 4.35. The minimum atomic E-state index is -2.80. The van der Waals surface area contributed by atoms with Gasteiger partial charge in [0.15, 0.2) is 5.78 Å². The van der Waals surface area contributed by atoms with Crippen LogP contribution in [0.2, 0.25) is 0 Å². The molecule has 1 rings (SSSR count). The second kappa shape index (κ2) is 5.16. The van der Waals surface area contributed by atoms with E-state index in [-0.39, 0.29) is 11.8 Å². The van der Waals surface area contributed by atoms with Crippen LogP contribution in [0.15, 0.2) is 0 Å². The highest BCUT2D eigenvalue weighted by molar-refractivity contribution is 5.88. The lowest BCUT2D eigenvalue weighted by Gasteiger charge is -2.32. The summed E-state index contributed by atoms with van der Waals surface area (Å²) in [6, 6.07) is -0.336. The summed E-state index contributed by atoms with van der Waals surface area (Å²) in [6.45, 7) is 2.70. The second-order valence-electron chi connectivity index (χ2n) is 4.92. The van der Waals surface area contributed by atoms with Crippen molar-refractivity contribution in [3.63, 3.8) is 0 Å². The van der Waals surface area contributed by atoms with E-state index in [1.54, 1.807) is 0 Å². The highest BCUT2D eigenvalue weighted by Gasteiger charge is 2.33. The van der Waals surface area contributed by atoms with E-state index >= 15 is 0 Å². The average molecular weight is 236 g/mol. The number of hydrogen-bond donors (Lipinski definition) is 2. The van der Waals surface area contributed by atoms with Crippen molar-refractivity contribution < 1.29 is 18.3 Å². The van der Waals surface area contributed by atoms with Crippen molar-refractivity contribution in [2.75, 3.05) is 0 Å². The maximum atomic E-state index is 11.9. The third-order valence-electron chi connectivity index (χ3n) is 2.46. The minimum Gasteiger partial charge on any atom is -0.303 e. The molecule has 2 atom stereocenters. The van der Waals surface area contributed by atoms with Crippen LogP contribution in [0.1, 0.15) is 33.6 Å². The molecule has 94 valence electrons. The van der Waals surface area contributed by atoms with Crippen LogP contribution in [-0.2, 0) is 9.53 Å². The Hall–Kier alpha value is -0.590. The van der Waals surface area contributed by atoms with Crippen LogP contribution in [-0.4, -0.2) is 24.7 Å². The summed E-state index contributed by atoms with van der Waals surface area (Å²) in [5, 5.41) is 0.